The van der Waals surface area contributed by atoms with Gasteiger partial charge in [-0.25, -0.2) is 13.2 Å². The van der Waals surface area contributed by atoms with Gasteiger partial charge < -0.3 is 14.5 Å². The van der Waals surface area contributed by atoms with Crippen LogP contribution in [-0.2, 0) is 4.79 Å². The molecule has 0 aliphatic rings. The van der Waals surface area contributed by atoms with E-state index in [2.05, 4.69) is 10.1 Å². The van der Waals surface area contributed by atoms with Crippen molar-refractivity contribution in [1.29, 1.82) is 0 Å². The first-order valence-corrected chi connectivity index (χ1v) is 9.74. The Morgan fingerprint density at radius 3 is 2.15 bits per heavy atom. The van der Waals surface area contributed by atoms with E-state index in [4.69, 9.17) is 4.42 Å². The fourth-order valence-corrected chi connectivity index (χ4v) is 3.14. The second kappa shape index (κ2) is 8.97. The van der Waals surface area contributed by atoms with E-state index in [1.54, 1.807) is 12.1 Å². The van der Waals surface area contributed by atoms with Crippen LogP contribution in [0.2, 0.25) is 0 Å². The third-order valence-electron chi connectivity index (χ3n) is 4.86. The van der Waals surface area contributed by atoms with Gasteiger partial charge in [0.05, 0.1) is 5.39 Å². The third kappa shape index (κ3) is 4.34. The van der Waals surface area contributed by atoms with Crippen molar-refractivity contribution < 1.29 is 35.9 Å². The lowest BCUT2D eigenvalue weighted by Crippen LogP contribution is -2.21. The first-order chi connectivity index (χ1) is 16.2. The molecule has 0 saturated carbocycles. The molecule has 3 aromatic carbocycles. The molecule has 34 heavy (non-hydrogen) atoms. The van der Waals surface area contributed by atoms with Gasteiger partial charge in [0.1, 0.15) is 11.3 Å². The van der Waals surface area contributed by atoms with Crippen molar-refractivity contribution in [2.45, 2.75) is 6.92 Å². The van der Waals surface area contributed by atoms with Gasteiger partial charge in [-0.1, -0.05) is 29.8 Å². The Hall–Kier alpha value is -4.21. The predicted molar refractivity (Wildman–Crippen MR) is 113 cm³/mol. The second-order valence-corrected chi connectivity index (χ2v) is 7.29. The molecule has 0 aliphatic heterocycles. The van der Waals surface area contributed by atoms with E-state index in [1.807, 2.05) is 19.1 Å². The summed E-state index contributed by atoms with van der Waals surface area (Å²) in [6, 6.07) is 12.8. The van der Waals surface area contributed by atoms with Crippen molar-refractivity contribution in [3.63, 3.8) is 0 Å². The lowest BCUT2D eigenvalue weighted by atomic mass is 10.1. The molecule has 4 rings (SSSR count). The number of benzene rings is 3. The Kier molecular flexibility index (Phi) is 6.06. The molecule has 174 valence electrons. The van der Waals surface area contributed by atoms with Crippen molar-refractivity contribution in [3.05, 3.63) is 93.4 Å². The highest BCUT2D eigenvalue weighted by Gasteiger charge is 2.27. The van der Waals surface area contributed by atoms with Crippen LogP contribution in [0, 0.1) is 36.0 Å². The van der Waals surface area contributed by atoms with Crippen LogP contribution >= 0.6 is 0 Å². The number of fused-ring (bicyclic) bond motifs is 1. The van der Waals surface area contributed by atoms with Gasteiger partial charge in [-0.3, -0.25) is 9.59 Å². The zero-order valence-corrected chi connectivity index (χ0v) is 17.3. The van der Waals surface area contributed by atoms with Crippen LogP contribution in [0.4, 0.5) is 27.6 Å². The van der Waals surface area contributed by atoms with E-state index in [0.29, 0.717) is 11.3 Å². The average molecular weight is 475 g/mol. The quantitative estimate of drug-likeness (QED) is 0.236. The molecule has 5 nitrogen and oxygen atoms in total. The smallest absolute Gasteiger partial charge is 0.262 e. The molecule has 1 aromatic heterocycles. The molecule has 4 aromatic rings. The Bertz CT molecular complexity index is 1450. The molecule has 0 atom stereocenters. The van der Waals surface area contributed by atoms with E-state index in [-0.39, 0.29) is 22.1 Å². The normalized spacial score (nSPS) is 11.0. The van der Waals surface area contributed by atoms with Gasteiger partial charge in [0.25, 0.3) is 5.91 Å². The average Bonchev–Trinajstić information content (AvgIpc) is 2.82. The molecule has 1 amide bonds. The van der Waals surface area contributed by atoms with E-state index in [1.165, 1.54) is 24.3 Å². The molecule has 0 unspecified atom stereocenters. The fourth-order valence-electron chi connectivity index (χ4n) is 3.14. The number of nitrogens with one attached hydrogen (secondary N) is 1. The highest BCUT2D eigenvalue weighted by molar-refractivity contribution is 5.94. The Morgan fingerprint density at radius 2 is 1.50 bits per heavy atom. The molecular formula is C24H14F5NO4. The highest BCUT2D eigenvalue weighted by atomic mass is 19.2. The van der Waals surface area contributed by atoms with Crippen molar-refractivity contribution in [2.24, 2.45) is 0 Å². The minimum Gasteiger partial charge on any atom is -0.477 e. The summed E-state index contributed by atoms with van der Waals surface area (Å²) in [6.07, 6.45) is 0. The summed E-state index contributed by atoms with van der Waals surface area (Å²) in [6.45, 7) is 0.863. The molecule has 10 heteroatoms. The Morgan fingerprint density at radius 1 is 0.882 bits per heavy atom. The Balaban J connectivity index is 1.52. The number of aryl methyl sites for hydroxylation is 1. The standard InChI is InChI=1S/C24H14F5NO4/c1-11-2-4-12(5-3-11)17-9-15(31)14-8-13(6-7-16(14)34-17)30-18(32)10-33-24-22(28)20(26)19(25)21(27)23(24)29/h2-9H,10H2,1H3,(H,30,32). The number of ether oxygens (including phenoxy) is 1. The molecule has 1 heterocycles. The number of halogens is 5. The minimum atomic E-state index is -2.34. The van der Waals surface area contributed by atoms with Crippen LogP contribution in [-0.4, -0.2) is 12.5 Å². The van der Waals surface area contributed by atoms with Gasteiger partial charge in [0, 0.05) is 17.3 Å². The molecule has 0 saturated heterocycles. The highest BCUT2D eigenvalue weighted by Crippen LogP contribution is 2.29. The van der Waals surface area contributed by atoms with Crippen molar-refractivity contribution in [1.82, 2.24) is 0 Å². The molecule has 1 N–H and O–H groups in total. The number of amides is 1. The van der Waals surface area contributed by atoms with Gasteiger partial charge in [-0.05, 0) is 25.1 Å². The van der Waals surface area contributed by atoms with Crippen LogP contribution in [0.3, 0.4) is 0 Å². The summed E-state index contributed by atoms with van der Waals surface area (Å²) >= 11 is 0. The molecule has 0 spiro atoms. The van der Waals surface area contributed by atoms with Crippen molar-refractivity contribution in [3.8, 4) is 17.1 Å². The summed E-state index contributed by atoms with van der Waals surface area (Å²) in [7, 11) is 0. The number of hydrogen-bond acceptors (Lipinski definition) is 4. The Labute approximate surface area is 188 Å². The maximum absolute atomic E-state index is 13.7. The molecular weight excluding hydrogens is 461 g/mol. The van der Waals surface area contributed by atoms with Crippen molar-refractivity contribution >= 4 is 22.6 Å². The third-order valence-corrected chi connectivity index (χ3v) is 4.86. The van der Waals surface area contributed by atoms with Gasteiger partial charge in [0.15, 0.2) is 17.8 Å². The zero-order chi connectivity index (χ0) is 24.6. The van der Waals surface area contributed by atoms with Crippen LogP contribution in [0.5, 0.6) is 5.75 Å². The zero-order valence-electron chi connectivity index (χ0n) is 17.3. The van der Waals surface area contributed by atoms with E-state index in [0.717, 1.165) is 5.56 Å². The van der Waals surface area contributed by atoms with Crippen LogP contribution in [0.1, 0.15) is 5.56 Å². The van der Waals surface area contributed by atoms with E-state index in [9.17, 15) is 31.5 Å². The fraction of sp³-hybridized carbons (Fsp3) is 0.0833. The molecule has 0 aliphatic carbocycles. The van der Waals surface area contributed by atoms with Crippen LogP contribution in [0.25, 0.3) is 22.3 Å². The maximum atomic E-state index is 13.7. The first kappa shape index (κ1) is 23.0. The lowest BCUT2D eigenvalue weighted by molar-refractivity contribution is -0.118. The molecule has 0 fully saturated rings. The maximum Gasteiger partial charge on any atom is 0.262 e. The summed E-state index contributed by atoms with van der Waals surface area (Å²) in [4.78, 5) is 24.7. The SMILES string of the molecule is Cc1ccc(-c2cc(=O)c3cc(NC(=O)COc4c(F)c(F)c(F)c(F)c4F)ccc3o2)cc1. The first-order valence-electron chi connectivity index (χ1n) is 9.74. The largest absolute Gasteiger partial charge is 0.477 e. The summed E-state index contributed by atoms with van der Waals surface area (Å²) in [5.41, 5.74) is 1.72. The number of anilines is 1. The monoisotopic (exact) mass is 475 g/mol. The molecule has 0 radical (unpaired) electrons. The topological polar surface area (TPSA) is 68.5 Å². The van der Waals surface area contributed by atoms with Gasteiger partial charge in [-0.2, -0.15) is 8.78 Å². The number of carbonyl (C=O) groups is 1. The van der Waals surface area contributed by atoms with Crippen LogP contribution in [0.15, 0.2) is 57.7 Å². The lowest BCUT2D eigenvalue weighted by Gasteiger charge is -2.11. The number of hydrogen-bond donors (Lipinski definition) is 1. The number of carbonyl (C=O) groups excluding carboxylic acids is 1. The minimum absolute atomic E-state index is 0.119. The van der Waals surface area contributed by atoms with E-state index >= 15 is 0 Å². The van der Waals surface area contributed by atoms with Gasteiger partial charge in [0.2, 0.25) is 29.1 Å². The van der Waals surface area contributed by atoms with Crippen LogP contribution < -0.4 is 15.5 Å². The van der Waals surface area contributed by atoms with Gasteiger partial charge in [-0.15, -0.1) is 0 Å². The summed E-state index contributed by atoms with van der Waals surface area (Å²) < 4.78 is 77.1. The summed E-state index contributed by atoms with van der Waals surface area (Å²) in [5.74, 6) is -13.3. The predicted octanol–water partition coefficient (Wildman–Crippen LogP) is 5.48. The second-order valence-electron chi connectivity index (χ2n) is 7.29. The summed E-state index contributed by atoms with van der Waals surface area (Å²) in [5, 5.41) is 2.46. The number of rotatable bonds is 5. The van der Waals surface area contributed by atoms with Gasteiger partial charge >= 0.3 is 0 Å². The van der Waals surface area contributed by atoms with E-state index < -0.39 is 47.3 Å². The molecule has 0 bridgehead atoms. The van der Waals surface area contributed by atoms with Crippen molar-refractivity contribution in [2.75, 3.05) is 11.9 Å².